The standard InChI is InChI=1S/C25H26N2O3/c1-3-27(21-14-8-5-9-15-21)25(29)19(2)30-23-17-11-10-16-22(23)24(28)26-18-20-12-6-4-7-13-20/h4-17,19H,3,18H2,1-2H3,(H,26,28)/t19-/m1/s1. The first kappa shape index (κ1) is 21.1. The monoisotopic (exact) mass is 402 g/mol. The summed E-state index contributed by atoms with van der Waals surface area (Å²) in [6.45, 7) is 4.56. The van der Waals surface area contributed by atoms with Gasteiger partial charge >= 0.3 is 0 Å². The minimum absolute atomic E-state index is 0.164. The number of benzene rings is 3. The van der Waals surface area contributed by atoms with Crippen LogP contribution in [-0.4, -0.2) is 24.5 Å². The molecule has 5 heteroatoms. The van der Waals surface area contributed by atoms with Gasteiger partial charge in [-0.1, -0.05) is 60.7 Å². The van der Waals surface area contributed by atoms with Crippen LogP contribution in [0, 0.1) is 0 Å². The van der Waals surface area contributed by atoms with E-state index in [1.54, 1.807) is 36.1 Å². The molecule has 0 aliphatic carbocycles. The highest BCUT2D eigenvalue weighted by atomic mass is 16.5. The molecule has 0 aliphatic heterocycles. The maximum atomic E-state index is 13.0. The van der Waals surface area contributed by atoms with Crippen LogP contribution in [-0.2, 0) is 11.3 Å². The highest BCUT2D eigenvalue weighted by Crippen LogP contribution is 2.21. The molecule has 0 spiro atoms. The summed E-state index contributed by atoms with van der Waals surface area (Å²) in [6, 6.07) is 26.1. The van der Waals surface area contributed by atoms with Crippen molar-refractivity contribution in [3.8, 4) is 5.75 Å². The first-order valence-corrected chi connectivity index (χ1v) is 10.0. The van der Waals surface area contributed by atoms with Gasteiger partial charge in [0.1, 0.15) is 5.75 Å². The van der Waals surface area contributed by atoms with Gasteiger partial charge < -0.3 is 15.0 Å². The molecule has 0 fully saturated rings. The van der Waals surface area contributed by atoms with E-state index in [0.717, 1.165) is 11.3 Å². The third kappa shape index (κ3) is 5.26. The van der Waals surface area contributed by atoms with Crippen molar-refractivity contribution in [1.82, 2.24) is 5.32 Å². The van der Waals surface area contributed by atoms with Gasteiger partial charge in [0, 0.05) is 18.8 Å². The Kier molecular flexibility index (Phi) is 7.22. The Morgan fingerprint density at radius 2 is 1.50 bits per heavy atom. The van der Waals surface area contributed by atoms with Gasteiger partial charge in [-0.3, -0.25) is 9.59 Å². The number of para-hydroxylation sites is 2. The van der Waals surface area contributed by atoms with Crippen LogP contribution in [0.4, 0.5) is 5.69 Å². The molecule has 30 heavy (non-hydrogen) atoms. The fourth-order valence-corrected chi connectivity index (χ4v) is 3.16. The van der Waals surface area contributed by atoms with Gasteiger partial charge in [0.25, 0.3) is 11.8 Å². The summed E-state index contributed by atoms with van der Waals surface area (Å²) in [6.07, 6.45) is -0.742. The number of anilines is 1. The van der Waals surface area contributed by atoms with Gasteiger partial charge in [0.2, 0.25) is 0 Å². The lowest BCUT2D eigenvalue weighted by Crippen LogP contribution is -2.40. The number of carbonyl (C=O) groups excluding carboxylic acids is 2. The molecule has 0 radical (unpaired) electrons. The zero-order valence-electron chi connectivity index (χ0n) is 17.2. The van der Waals surface area contributed by atoms with E-state index in [9.17, 15) is 9.59 Å². The first-order chi connectivity index (χ1) is 14.6. The van der Waals surface area contributed by atoms with Crippen LogP contribution in [0.1, 0.15) is 29.8 Å². The Labute approximate surface area is 177 Å². The lowest BCUT2D eigenvalue weighted by atomic mass is 10.1. The van der Waals surface area contributed by atoms with E-state index in [-0.39, 0.29) is 11.8 Å². The number of hydrogen-bond donors (Lipinski definition) is 1. The second-order valence-electron chi connectivity index (χ2n) is 6.84. The van der Waals surface area contributed by atoms with Crippen LogP contribution in [0.2, 0.25) is 0 Å². The molecule has 1 N–H and O–H groups in total. The molecule has 0 unspecified atom stereocenters. The summed E-state index contributed by atoms with van der Waals surface area (Å²) in [5.41, 5.74) is 2.22. The number of hydrogen-bond acceptors (Lipinski definition) is 3. The molecule has 1 atom stereocenters. The van der Waals surface area contributed by atoms with Gasteiger partial charge in [0.15, 0.2) is 6.10 Å². The Morgan fingerprint density at radius 3 is 2.17 bits per heavy atom. The molecule has 3 aromatic rings. The SMILES string of the molecule is CCN(C(=O)[C@@H](C)Oc1ccccc1C(=O)NCc1ccccc1)c1ccccc1. The first-order valence-electron chi connectivity index (χ1n) is 10.0. The van der Waals surface area contributed by atoms with E-state index in [1.165, 1.54) is 0 Å². The van der Waals surface area contributed by atoms with Gasteiger partial charge in [-0.2, -0.15) is 0 Å². The Morgan fingerprint density at radius 1 is 0.900 bits per heavy atom. The molecule has 0 bridgehead atoms. The van der Waals surface area contributed by atoms with Crippen LogP contribution in [0.15, 0.2) is 84.9 Å². The van der Waals surface area contributed by atoms with Crippen molar-refractivity contribution in [3.05, 3.63) is 96.1 Å². The predicted octanol–water partition coefficient (Wildman–Crippen LogP) is 4.44. The number of nitrogens with zero attached hydrogens (tertiary/aromatic N) is 1. The van der Waals surface area contributed by atoms with E-state index < -0.39 is 6.10 Å². The van der Waals surface area contributed by atoms with E-state index in [4.69, 9.17) is 4.74 Å². The number of carbonyl (C=O) groups is 2. The van der Waals surface area contributed by atoms with E-state index in [0.29, 0.717) is 24.4 Å². The fourth-order valence-electron chi connectivity index (χ4n) is 3.16. The van der Waals surface area contributed by atoms with Gasteiger partial charge in [-0.15, -0.1) is 0 Å². The smallest absolute Gasteiger partial charge is 0.267 e. The summed E-state index contributed by atoms with van der Waals surface area (Å²) in [7, 11) is 0. The zero-order valence-corrected chi connectivity index (χ0v) is 17.2. The second-order valence-corrected chi connectivity index (χ2v) is 6.84. The minimum atomic E-state index is -0.742. The maximum Gasteiger partial charge on any atom is 0.267 e. The van der Waals surface area contributed by atoms with Crippen molar-refractivity contribution in [2.24, 2.45) is 0 Å². The molecular formula is C25H26N2O3. The lowest BCUT2D eigenvalue weighted by Gasteiger charge is -2.25. The van der Waals surface area contributed by atoms with E-state index in [1.807, 2.05) is 67.6 Å². The topological polar surface area (TPSA) is 58.6 Å². The molecule has 0 saturated carbocycles. The van der Waals surface area contributed by atoms with Crippen molar-refractivity contribution in [2.75, 3.05) is 11.4 Å². The van der Waals surface area contributed by atoms with Crippen LogP contribution < -0.4 is 15.0 Å². The summed E-state index contributed by atoms with van der Waals surface area (Å²) in [5, 5.41) is 2.90. The van der Waals surface area contributed by atoms with Crippen molar-refractivity contribution in [1.29, 1.82) is 0 Å². The third-order valence-electron chi connectivity index (χ3n) is 4.73. The maximum absolute atomic E-state index is 13.0. The van der Waals surface area contributed by atoms with Gasteiger partial charge in [-0.25, -0.2) is 0 Å². The third-order valence-corrected chi connectivity index (χ3v) is 4.73. The van der Waals surface area contributed by atoms with Crippen molar-refractivity contribution in [2.45, 2.75) is 26.5 Å². The number of amides is 2. The molecule has 3 rings (SSSR count). The number of likely N-dealkylation sites (N-methyl/N-ethyl adjacent to an activating group) is 1. The number of ether oxygens (including phenoxy) is 1. The van der Waals surface area contributed by atoms with E-state index >= 15 is 0 Å². The minimum Gasteiger partial charge on any atom is -0.480 e. The molecule has 5 nitrogen and oxygen atoms in total. The summed E-state index contributed by atoms with van der Waals surface area (Å²) in [4.78, 5) is 27.4. The van der Waals surface area contributed by atoms with Crippen LogP contribution >= 0.6 is 0 Å². The lowest BCUT2D eigenvalue weighted by molar-refractivity contribution is -0.124. The number of nitrogens with one attached hydrogen (secondary N) is 1. The Bertz CT molecular complexity index is 974. The second kappa shape index (κ2) is 10.3. The van der Waals surface area contributed by atoms with Crippen molar-refractivity contribution in [3.63, 3.8) is 0 Å². The van der Waals surface area contributed by atoms with Crippen molar-refractivity contribution < 1.29 is 14.3 Å². The molecule has 0 aromatic heterocycles. The van der Waals surface area contributed by atoms with Crippen LogP contribution in [0.3, 0.4) is 0 Å². The number of rotatable bonds is 8. The molecule has 2 amide bonds. The quantitative estimate of drug-likeness (QED) is 0.606. The Balaban J connectivity index is 1.70. The highest BCUT2D eigenvalue weighted by molar-refractivity contribution is 5.98. The van der Waals surface area contributed by atoms with Crippen LogP contribution in [0.25, 0.3) is 0 Å². The largest absolute Gasteiger partial charge is 0.480 e. The summed E-state index contributed by atoms with van der Waals surface area (Å²) < 4.78 is 5.93. The van der Waals surface area contributed by atoms with Crippen LogP contribution in [0.5, 0.6) is 5.75 Å². The fraction of sp³-hybridized carbons (Fsp3) is 0.200. The Hall–Kier alpha value is -3.60. The highest BCUT2D eigenvalue weighted by Gasteiger charge is 2.24. The predicted molar refractivity (Wildman–Crippen MR) is 119 cm³/mol. The molecular weight excluding hydrogens is 376 g/mol. The zero-order chi connectivity index (χ0) is 21.3. The molecule has 0 heterocycles. The van der Waals surface area contributed by atoms with E-state index in [2.05, 4.69) is 5.32 Å². The average molecular weight is 402 g/mol. The molecule has 0 saturated heterocycles. The van der Waals surface area contributed by atoms with Gasteiger partial charge in [0.05, 0.1) is 5.56 Å². The summed E-state index contributed by atoms with van der Waals surface area (Å²) >= 11 is 0. The molecule has 0 aliphatic rings. The normalized spacial score (nSPS) is 11.4. The molecule has 3 aromatic carbocycles. The summed E-state index contributed by atoms with van der Waals surface area (Å²) in [5.74, 6) is -0.0271. The van der Waals surface area contributed by atoms with Crippen molar-refractivity contribution >= 4 is 17.5 Å². The average Bonchev–Trinajstić information content (AvgIpc) is 2.79. The van der Waals surface area contributed by atoms with Gasteiger partial charge in [-0.05, 0) is 43.7 Å². The molecule has 154 valence electrons.